The summed E-state index contributed by atoms with van der Waals surface area (Å²) in [6.45, 7) is 2.41. The Labute approximate surface area is 151 Å². The first-order valence-electron chi connectivity index (χ1n) is 8.63. The van der Waals surface area contributed by atoms with E-state index in [9.17, 15) is 4.79 Å². The van der Waals surface area contributed by atoms with Gasteiger partial charge >= 0.3 is 0 Å². The molecule has 1 saturated heterocycles. The van der Waals surface area contributed by atoms with Gasteiger partial charge in [0, 0.05) is 19.5 Å². The van der Waals surface area contributed by atoms with Gasteiger partial charge in [0.2, 0.25) is 5.88 Å². The van der Waals surface area contributed by atoms with Gasteiger partial charge in [0.15, 0.2) is 11.6 Å². The van der Waals surface area contributed by atoms with Gasteiger partial charge in [-0.25, -0.2) is 9.97 Å². The van der Waals surface area contributed by atoms with Crippen LogP contribution < -0.4 is 4.74 Å². The van der Waals surface area contributed by atoms with E-state index in [1.165, 1.54) is 6.26 Å². The number of benzene rings is 1. The highest BCUT2D eigenvalue weighted by atomic mass is 16.5. The van der Waals surface area contributed by atoms with E-state index in [0.29, 0.717) is 24.0 Å². The molecule has 0 aliphatic carbocycles. The van der Waals surface area contributed by atoms with Crippen LogP contribution in [0.3, 0.4) is 0 Å². The molecule has 1 atom stereocenters. The van der Waals surface area contributed by atoms with E-state index >= 15 is 0 Å². The Bertz CT molecular complexity index is 907. The number of likely N-dealkylation sites (tertiary alicyclic amines) is 1. The van der Waals surface area contributed by atoms with E-state index in [-0.39, 0.29) is 11.9 Å². The largest absolute Gasteiger partial charge is 0.448 e. The number of carbonyl (C=O) groups is 1. The number of hydrogen-bond donors (Lipinski definition) is 0. The summed E-state index contributed by atoms with van der Waals surface area (Å²) >= 11 is 0. The summed E-state index contributed by atoms with van der Waals surface area (Å²) in [5.74, 6) is 1.61. The van der Waals surface area contributed by atoms with Crippen LogP contribution >= 0.6 is 0 Å². The lowest BCUT2D eigenvalue weighted by atomic mass is 10.1. The predicted octanol–water partition coefficient (Wildman–Crippen LogP) is 4.15. The lowest BCUT2D eigenvalue weighted by Crippen LogP contribution is -2.31. The molecule has 4 rings (SSSR count). The summed E-state index contributed by atoms with van der Waals surface area (Å²) in [4.78, 5) is 23.4. The van der Waals surface area contributed by atoms with Gasteiger partial charge in [-0.15, -0.1) is 0 Å². The van der Waals surface area contributed by atoms with Gasteiger partial charge in [-0.2, -0.15) is 0 Å². The zero-order valence-corrected chi connectivity index (χ0v) is 14.5. The maximum atomic E-state index is 12.8. The van der Waals surface area contributed by atoms with Crippen LogP contribution in [-0.4, -0.2) is 27.3 Å². The number of carbonyl (C=O) groups excluding carboxylic acids is 1. The number of aryl methyl sites for hydroxylation is 1. The Kier molecular flexibility index (Phi) is 4.39. The molecular formula is C20H19N3O3. The Hall–Kier alpha value is -3.15. The van der Waals surface area contributed by atoms with E-state index < -0.39 is 0 Å². The summed E-state index contributed by atoms with van der Waals surface area (Å²) < 4.78 is 11.0. The van der Waals surface area contributed by atoms with Crippen LogP contribution in [0, 0.1) is 6.92 Å². The van der Waals surface area contributed by atoms with Crippen molar-refractivity contribution < 1.29 is 13.9 Å². The number of nitrogens with zero attached hydrogens (tertiary/aromatic N) is 3. The Morgan fingerprint density at radius 3 is 2.77 bits per heavy atom. The maximum absolute atomic E-state index is 12.8. The number of hydrogen-bond acceptors (Lipinski definition) is 5. The summed E-state index contributed by atoms with van der Waals surface area (Å²) in [5, 5.41) is 0. The van der Waals surface area contributed by atoms with Crippen molar-refractivity contribution in [3.05, 3.63) is 72.1 Å². The van der Waals surface area contributed by atoms with Gasteiger partial charge in [-0.1, -0.05) is 24.3 Å². The van der Waals surface area contributed by atoms with Crippen LogP contribution in [0.4, 0.5) is 0 Å². The number of aromatic nitrogens is 2. The Morgan fingerprint density at radius 1 is 1.15 bits per heavy atom. The monoisotopic (exact) mass is 349 g/mol. The summed E-state index contributed by atoms with van der Waals surface area (Å²) in [7, 11) is 0. The minimum atomic E-state index is -0.125. The maximum Gasteiger partial charge on any atom is 0.276 e. The SMILES string of the molecule is Cc1nc(C(=O)N2CCC[C@@H]2c2cccc(Oc3ccccc3)n2)co1. The minimum Gasteiger partial charge on any atom is -0.448 e. The van der Waals surface area contributed by atoms with Crippen LogP contribution in [0.2, 0.25) is 0 Å². The van der Waals surface area contributed by atoms with E-state index in [0.717, 1.165) is 24.3 Å². The van der Waals surface area contributed by atoms with Gasteiger partial charge in [0.05, 0.1) is 11.7 Å². The fourth-order valence-electron chi connectivity index (χ4n) is 3.21. The molecule has 0 unspecified atom stereocenters. The van der Waals surface area contributed by atoms with Crippen molar-refractivity contribution in [2.45, 2.75) is 25.8 Å². The Morgan fingerprint density at radius 2 is 2.00 bits per heavy atom. The highest BCUT2D eigenvalue weighted by molar-refractivity contribution is 5.92. The molecule has 3 heterocycles. The number of oxazole rings is 1. The average molecular weight is 349 g/mol. The normalized spacial score (nSPS) is 16.7. The van der Waals surface area contributed by atoms with Gasteiger partial charge in [0.25, 0.3) is 5.91 Å². The minimum absolute atomic E-state index is 0.0844. The first kappa shape index (κ1) is 16.3. The van der Waals surface area contributed by atoms with E-state index in [2.05, 4.69) is 9.97 Å². The second-order valence-electron chi connectivity index (χ2n) is 6.22. The highest BCUT2D eigenvalue weighted by Crippen LogP contribution is 2.33. The van der Waals surface area contributed by atoms with Crippen molar-refractivity contribution in [1.29, 1.82) is 0 Å². The molecule has 132 valence electrons. The van der Waals surface area contributed by atoms with E-state index in [1.807, 2.05) is 53.4 Å². The van der Waals surface area contributed by atoms with Crippen LogP contribution in [0.15, 0.2) is 59.2 Å². The summed E-state index contributed by atoms with van der Waals surface area (Å²) in [6.07, 6.45) is 3.21. The number of amides is 1. The highest BCUT2D eigenvalue weighted by Gasteiger charge is 2.33. The van der Waals surface area contributed by atoms with Crippen LogP contribution in [0.5, 0.6) is 11.6 Å². The topological polar surface area (TPSA) is 68.5 Å². The number of rotatable bonds is 4. The third-order valence-electron chi connectivity index (χ3n) is 4.40. The average Bonchev–Trinajstić information content (AvgIpc) is 3.31. The van der Waals surface area contributed by atoms with Gasteiger partial charge < -0.3 is 14.1 Å². The van der Waals surface area contributed by atoms with Crippen LogP contribution in [0.1, 0.15) is 41.0 Å². The van der Waals surface area contributed by atoms with Crippen LogP contribution in [-0.2, 0) is 0 Å². The molecule has 2 aromatic heterocycles. The molecule has 1 aliphatic heterocycles. The van der Waals surface area contributed by atoms with Crippen molar-refractivity contribution in [3.8, 4) is 11.6 Å². The Balaban J connectivity index is 1.56. The fraction of sp³-hybridized carbons (Fsp3) is 0.250. The molecule has 0 spiro atoms. The number of ether oxygens (including phenoxy) is 1. The zero-order chi connectivity index (χ0) is 17.9. The third kappa shape index (κ3) is 3.31. The molecule has 1 aliphatic rings. The van der Waals surface area contributed by atoms with Crippen LogP contribution in [0.25, 0.3) is 0 Å². The molecule has 0 bridgehead atoms. The van der Waals surface area contributed by atoms with Crippen molar-refractivity contribution >= 4 is 5.91 Å². The lowest BCUT2D eigenvalue weighted by molar-refractivity contribution is 0.0726. The molecule has 1 amide bonds. The van der Waals surface area contributed by atoms with Gasteiger partial charge in [0.1, 0.15) is 12.0 Å². The molecule has 0 radical (unpaired) electrons. The first-order valence-corrected chi connectivity index (χ1v) is 8.63. The van der Waals surface area contributed by atoms with Crippen molar-refractivity contribution in [1.82, 2.24) is 14.9 Å². The fourth-order valence-corrected chi connectivity index (χ4v) is 3.21. The van der Waals surface area contributed by atoms with E-state index in [4.69, 9.17) is 9.15 Å². The molecule has 0 N–H and O–H groups in total. The zero-order valence-electron chi connectivity index (χ0n) is 14.5. The second-order valence-corrected chi connectivity index (χ2v) is 6.22. The summed E-state index contributed by atoms with van der Waals surface area (Å²) in [6, 6.07) is 15.1. The summed E-state index contributed by atoms with van der Waals surface area (Å²) in [5.41, 5.74) is 1.16. The second kappa shape index (κ2) is 7.00. The molecule has 6 nitrogen and oxygen atoms in total. The molecule has 0 saturated carbocycles. The van der Waals surface area contributed by atoms with Crippen molar-refractivity contribution in [2.24, 2.45) is 0 Å². The quantitative estimate of drug-likeness (QED) is 0.708. The standard InChI is InChI=1S/C20H19N3O3/c1-14-21-17(13-25-14)20(24)23-12-6-10-18(23)16-9-5-11-19(22-16)26-15-7-3-2-4-8-15/h2-5,7-9,11,13,18H,6,10,12H2,1H3/t18-/m1/s1. The molecule has 1 fully saturated rings. The smallest absolute Gasteiger partial charge is 0.276 e. The van der Waals surface area contributed by atoms with Gasteiger partial charge in [-0.3, -0.25) is 4.79 Å². The lowest BCUT2D eigenvalue weighted by Gasteiger charge is -2.23. The number of pyridine rings is 1. The van der Waals surface area contributed by atoms with E-state index in [1.54, 1.807) is 6.92 Å². The van der Waals surface area contributed by atoms with Gasteiger partial charge in [-0.05, 0) is 31.0 Å². The third-order valence-corrected chi connectivity index (χ3v) is 4.40. The molecular weight excluding hydrogens is 330 g/mol. The number of para-hydroxylation sites is 1. The molecule has 26 heavy (non-hydrogen) atoms. The molecule has 1 aromatic carbocycles. The first-order chi connectivity index (χ1) is 12.7. The van der Waals surface area contributed by atoms with Crippen molar-refractivity contribution in [3.63, 3.8) is 0 Å². The molecule has 3 aromatic rings. The predicted molar refractivity (Wildman–Crippen MR) is 95.0 cm³/mol. The van der Waals surface area contributed by atoms with Crippen molar-refractivity contribution in [2.75, 3.05) is 6.54 Å². The molecule has 6 heteroatoms.